The molecule has 1 amide bonds. The number of fused-ring (bicyclic) bond motifs is 1. The summed E-state index contributed by atoms with van der Waals surface area (Å²) in [6.07, 6.45) is 0.819. The number of hydrogen-bond donors (Lipinski definition) is 0. The monoisotopic (exact) mass is 428 g/mol. The Balaban J connectivity index is 1.48. The molecule has 8 heteroatoms. The number of halogens is 1. The van der Waals surface area contributed by atoms with Crippen LogP contribution in [0.2, 0.25) is 0 Å². The molecule has 1 fully saturated rings. The number of nitrogens with zero attached hydrogens (tertiary/aromatic N) is 6. The summed E-state index contributed by atoms with van der Waals surface area (Å²) in [5.74, 6) is 2.53. The van der Waals surface area contributed by atoms with Crippen molar-refractivity contribution < 1.29 is 4.79 Å². The van der Waals surface area contributed by atoms with Crippen LogP contribution in [0.4, 0.5) is 5.82 Å². The van der Waals surface area contributed by atoms with E-state index in [1.165, 1.54) is 0 Å². The SMILES string of the molecule is CCc1nnc2nc(N3CCN(C(=O)c4ccc(Br)cc4)CC3)cc(C)n12. The van der Waals surface area contributed by atoms with Crippen LogP contribution in [-0.2, 0) is 6.42 Å². The Morgan fingerprint density at radius 2 is 1.81 bits per heavy atom. The van der Waals surface area contributed by atoms with Crippen LogP contribution in [-0.4, -0.2) is 56.6 Å². The van der Waals surface area contributed by atoms with Crippen LogP contribution in [0, 0.1) is 6.92 Å². The zero-order valence-corrected chi connectivity index (χ0v) is 17.0. The maximum Gasteiger partial charge on any atom is 0.257 e. The average Bonchev–Trinajstić information content (AvgIpc) is 3.12. The Kier molecular flexibility index (Phi) is 4.82. The molecule has 7 nitrogen and oxygen atoms in total. The highest BCUT2D eigenvalue weighted by molar-refractivity contribution is 9.10. The smallest absolute Gasteiger partial charge is 0.257 e. The second-order valence-corrected chi connectivity index (χ2v) is 7.56. The van der Waals surface area contributed by atoms with Crippen molar-refractivity contribution in [2.45, 2.75) is 20.3 Å². The Hall–Kier alpha value is -2.48. The molecule has 27 heavy (non-hydrogen) atoms. The molecule has 1 aromatic carbocycles. The van der Waals surface area contributed by atoms with E-state index in [-0.39, 0.29) is 5.91 Å². The molecule has 0 radical (unpaired) electrons. The zero-order chi connectivity index (χ0) is 19.0. The van der Waals surface area contributed by atoms with Crippen molar-refractivity contribution in [3.05, 3.63) is 51.9 Å². The van der Waals surface area contributed by atoms with Gasteiger partial charge in [-0.25, -0.2) is 0 Å². The summed E-state index contributed by atoms with van der Waals surface area (Å²) in [6, 6.07) is 9.58. The number of amides is 1. The Morgan fingerprint density at radius 1 is 1.11 bits per heavy atom. The molecule has 3 aromatic rings. The summed E-state index contributed by atoms with van der Waals surface area (Å²) in [6.45, 7) is 6.96. The van der Waals surface area contributed by atoms with E-state index >= 15 is 0 Å². The van der Waals surface area contributed by atoms with Gasteiger partial charge in [0.15, 0.2) is 0 Å². The summed E-state index contributed by atoms with van der Waals surface area (Å²) in [7, 11) is 0. The zero-order valence-electron chi connectivity index (χ0n) is 15.4. The lowest BCUT2D eigenvalue weighted by atomic mass is 10.2. The van der Waals surface area contributed by atoms with E-state index in [1.807, 2.05) is 40.5 Å². The number of rotatable bonds is 3. The van der Waals surface area contributed by atoms with E-state index in [1.54, 1.807) is 0 Å². The molecule has 3 heterocycles. The normalized spacial score (nSPS) is 14.8. The van der Waals surface area contributed by atoms with Crippen LogP contribution >= 0.6 is 15.9 Å². The summed E-state index contributed by atoms with van der Waals surface area (Å²) in [4.78, 5) is 21.5. The van der Waals surface area contributed by atoms with E-state index in [2.05, 4.69) is 49.0 Å². The quantitative estimate of drug-likeness (QED) is 0.641. The minimum Gasteiger partial charge on any atom is -0.353 e. The largest absolute Gasteiger partial charge is 0.353 e. The molecule has 2 aromatic heterocycles. The first-order valence-electron chi connectivity index (χ1n) is 9.08. The van der Waals surface area contributed by atoms with Gasteiger partial charge in [-0.1, -0.05) is 22.9 Å². The highest BCUT2D eigenvalue weighted by Gasteiger charge is 2.23. The molecular weight excluding hydrogens is 408 g/mol. The van der Waals surface area contributed by atoms with Gasteiger partial charge in [0, 0.05) is 54.4 Å². The Morgan fingerprint density at radius 3 is 2.48 bits per heavy atom. The van der Waals surface area contributed by atoms with E-state index in [0.717, 1.165) is 46.9 Å². The minimum absolute atomic E-state index is 0.0757. The second kappa shape index (κ2) is 7.26. The number of aryl methyl sites for hydroxylation is 2. The fraction of sp³-hybridized carbons (Fsp3) is 0.368. The van der Waals surface area contributed by atoms with Crippen molar-refractivity contribution >= 4 is 33.4 Å². The van der Waals surface area contributed by atoms with Gasteiger partial charge in [-0.2, -0.15) is 4.98 Å². The predicted molar refractivity (Wildman–Crippen MR) is 107 cm³/mol. The van der Waals surface area contributed by atoms with Gasteiger partial charge in [0.2, 0.25) is 0 Å². The molecular formula is C19H21BrN6O. The Labute approximate surface area is 166 Å². The lowest BCUT2D eigenvalue weighted by Crippen LogP contribution is -2.49. The summed E-state index contributed by atoms with van der Waals surface area (Å²) in [5, 5.41) is 8.41. The molecule has 0 atom stereocenters. The molecule has 4 rings (SSSR count). The molecule has 1 aliphatic rings. The van der Waals surface area contributed by atoms with Gasteiger partial charge in [0.05, 0.1) is 0 Å². The number of anilines is 1. The first kappa shape index (κ1) is 17.9. The highest BCUT2D eigenvalue weighted by Crippen LogP contribution is 2.19. The highest BCUT2D eigenvalue weighted by atomic mass is 79.9. The van der Waals surface area contributed by atoms with Gasteiger partial charge in [-0.3, -0.25) is 9.20 Å². The Bertz CT molecular complexity index is 976. The van der Waals surface area contributed by atoms with E-state index < -0.39 is 0 Å². The third-order valence-corrected chi connectivity index (χ3v) is 5.45. The van der Waals surface area contributed by atoms with E-state index in [4.69, 9.17) is 0 Å². The summed E-state index contributed by atoms with van der Waals surface area (Å²) in [5.41, 5.74) is 1.79. The topological polar surface area (TPSA) is 66.6 Å². The number of hydrogen-bond acceptors (Lipinski definition) is 5. The van der Waals surface area contributed by atoms with Gasteiger partial charge in [-0.05, 0) is 31.2 Å². The lowest BCUT2D eigenvalue weighted by Gasteiger charge is -2.35. The summed E-state index contributed by atoms with van der Waals surface area (Å²) < 4.78 is 2.97. The standard InChI is InChI=1S/C19H21BrN6O/c1-3-16-22-23-19-21-17(12-13(2)26(16)19)24-8-10-25(11-9-24)18(27)14-4-6-15(20)7-5-14/h4-7,12H,3,8-11H2,1-2H3. The van der Waals surface area contributed by atoms with E-state index in [9.17, 15) is 4.79 Å². The molecule has 1 saturated heterocycles. The number of piperazine rings is 1. The lowest BCUT2D eigenvalue weighted by molar-refractivity contribution is 0.0746. The fourth-order valence-corrected chi connectivity index (χ4v) is 3.70. The van der Waals surface area contributed by atoms with Crippen LogP contribution in [0.5, 0.6) is 0 Å². The molecule has 1 aliphatic heterocycles. The van der Waals surface area contributed by atoms with Crippen LogP contribution < -0.4 is 4.90 Å². The third kappa shape index (κ3) is 3.41. The van der Waals surface area contributed by atoms with Crippen LogP contribution in [0.1, 0.15) is 28.8 Å². The number of carbonyl (C=O) groups is 1. The molecule has 0 unspecified atom stereocenters. The number of benzene rings is 1. The van der Waals surface area contributed by atoms with Crippen molar-refractivity contribution in [1.82, 2.24) is 24.5 Å². The van der Waals surface area contributed by atoms with Crippen molar-refractivity contribution in [3.63, 3.8) is 0 Å². The van der Waals surface area contributed by atoms with Gasteiger partial charge < -0.3 is 9.80 Å². The third-order valence-electron chi connectivity index (χ3n) is 4.92. The van der Waals surface area contributed by atoms with Crippen LogP contribution in [0.25, 0.3) is 5.78 Å². The fourth-order valence-electron chi connectivity index (χ4n) is 3.43. The maximum absolute atomic E-state index is 12.7. The molecule has 0 bridgehead atoms. The number of aromatic nitrogens is 4. The second-order valence-electron chi connectivity index (χ2n) is 6.65. The van der Waals surface area contributed by atoms with E-state index in [0.29, 0.717) is 18.9 Å². The van der Waals surface area contributed by atoms with Crippen molar-refractivity contribution in [2.24, 2.45) is 0 Å². The van der Waals surface area contributed by atoms with Crippen molar-refractivity contribution in [2.75, 3.05) is 31.1 Å². The first-order chi connectivity index (χ1) is 13.1. The minimum atomic E-state index is 0.0757. The van der Waals surface area contributed by atoms with Gasteiger partial charge in [-0.15, -0.1) is 10.2 Å². The molecule has 0 spiro atoms. The van der Waals surface area contributed by atoms with Crippen LogP contribution in [0.3, 0.4) is 0 Å². The molecule has 0 N–H and O–H groups in total. The molecule has 0 saturated carbocycles. The summed E-state index contributed by atoms with van der Waals surface area (Å²) >= 11 is 3.40. The van der Waals surface area contributed by atoms with Gasteiger partial charge in [0.25, 0.3) is 11.7 Å². The van der Waals surface area contributed by atoms with Gasteiger partial charge >= 0.3 is 0 Å². The predicted octanol–water partition coefficient (Wildman–Crippen LogP) is 2.72. The average molecular weight is 429 g/mol. The molecule has 0 aliphatic carbocycles. The van der Waals surface area contributed by atoms with Crippen molar-refractivity contribution in [3.8, 4) is 0 Å². The number of carbonyl (C=O) groups excluding carboxylic acids is 1. The van der Waals surface area contributed by atoms with Crippen LogP contribution in [0.15, 0.2) is 34.8 Å². The van der Waals surface area contributed by atoms with Gasteiger partial charge in [0.1, 0.15) is 11.6 Å². The molecule has 140 valence electrons. The first-order valence-corrected chi connectivity index (χ1v) is 9.87. The maximum atomic E-state index is 12.7. The van der Waals surface area contributed by atoms with Crippen molar-refractivity contribution in [1.29, 1.82) is 0 Å².